The maximum absolute atomic E-state index is 12.7. The molecule has 2 aromatic carbocycles. The summed E-state index contributed by atoms with van der Waals surface area (Å²) < 4.78 is 6.45. The van der Waals surface area contributed by atoms with Crippen LogP contribution in [0, 0.1) is 0 Å². The van der Waals surface area contributed by atoms with Crippen LogP contribution in [0.15, 0.2) is 83.5 Å². The molecule has 0 spiro atoms. The van der Waals surface area contributed by atoms with E-state index in [0.29, 0.717) is 6.54 Å². The van der Waals surface area contributed by atoms with E-state index >= 15 is 0 Å². The Morgan fingerprint density at radius 2 is 1.68 bits per heavy atom. The second-order valence-corrected chi connectivity index (χ2v) is 6.34. The molecule has 0 aliphatic rings. The molecule has 1 amide bonds. The first kappa shape index (κ1) is 17.2. The smallest absolute Gasteiger partial charge is 0.414 e. The zero-order chi connectivity index (χ0) is 17.5. The molecule has 0 saturated heterocycles. The predicted molar refractivity (Wildman–Crippen MR) is 101 cm³/mol. The summed E-state index contributed by atoms with van der Waals surface area (Å²) in [4.78, 5) is 18.6. The van der Waals surface area contributed by atoms with Gasteiger partial charge in [0.2, 0.25) is 0 Å². The van der Waals surface area contributed by atoms with Crippen molar-refractivity contribution in [2.75, 3.05) is 4.90 Å². The highest BCUT2D eigenvalue weighted by atomic mass is 79.9. The molecule has 5 heteroatoms. The van der Waals surface area contributed by atoms with Gasteiger partial charge in [0.05, 0.1) is 12.2 Å². The molecule has 1 aromatic heterocycles. The van der Waals surface area contributed by atoms with Crippen molar-refractivity contribution >= 4 is 27.7 Å². The maximum atomic E-state index is 12.7. The standard InChI is InChI=1S/C20H17BrN2O2/c21-17-9-11-19(12-10-17)23(14-18-8-4-5-13-22-18)20(24)25-15-16-6-2-1-3-7-16/h1-13H,14-15H2. The van der Waals surface area contributed by atoms with Crippen molar-refractivity contribution in [2.45, 2.75) is 13.2 Å². The number of halogens is 1. The molecule has 3 rings (SSSR count). The predicted octanol–water partition coefficient (Wildman–Crippen LogP) is 5.19. The molecule has 25 heavy (non-hydrogen) atoms. The van der Waals surface area contributed by atoms with Crippen molar-refractivity contribution in [3.63, 3.8) is 0 Å². The number of amides is 1. The third-order valence-electron chi connectivity index (χ3n) is 3.61. The van der Waals surface area contributed by atoms with Crippen LogP contribution in [0.25, 0.3) is 0 Å². The Bertz CT molecular complexity index is 808. The first-order valence-electron chi connectivity index (χ1n) is 7.86. The lowest BCUT2D eigenvalue weighted by molar-refractivity contribution is 0.146. The van der Waals surface area contributed by atoms with Crippen LogP contribution < -0.4 is 4.90 Å². The van der Waals surface area contributed by atoms with Crippen LogP contribution in [-0.4, -0.2) is 11.1 Å². The Balaban J connectivity index is 1.77. The van der Waals surface area contributed by atoms with E-state index in [1.807, 2.05) is 72.8 Å². The van der Waals surface area contributed by atoms with Gasteiger partial charge in [-0.2, -0.15) is 0 Å². The molecule has 0 saturated carbocycles. The van der Waals surface area contributed by atoms with E-state index in [4.69, 9.17) is 4.74 Å². The monoisotopic (exact) mass is 396 g/mol. The lowest BCUT2D eigenvalue weighted by atomic mass is 10.2. The lowest BCUT2D eigenvalue weighted by Crippen LogP contribution is -2.31. The van der Waals surface area contributed by atoms with Gasteiger partial charge in [0.1, 0.15) is 6.61 Å². The Morgan fingerprint density at radius 3 is 2.36 bits per heavy atom. The highest BCUT2D eigenvalue weighted by Crippen LogP contribution is 2.21. The molecule has 0 N–H and O–H groups in total. The van der Waals surface area contributed by atoms with E-state index in [-0.39, 0.29) is 6.61 Å². The van der Waals surface area contributed by atoms with Crippen LogP contribution in [0.2, 0.25) is 0 Å². The summed E-state index contributed by atoms with van der Waals surface area (Å²) in [5.74, 6) is 0. The van der Waals surface area contributed by atoms with Crippen LogP contribution in [0.4, 0.5) is 10.5 Å². The van der Waals surface area contributed by atoms with Crippen LogP contribution >= 0.6 is 15.9 Å². The fourth-order valence-corrected chi connectivity index (χ4v) is 2.60. The van der Waals surface area contributed by atoms with Gasteiger partial charge in [-0.25, -0.2) is 4.79 Å². The number of aromatic nitrogens is 1. The summed E-state index contributed by atoms with van der Waals surface area (Å²) in [6.07, 6.45) is 1.31. The van der Waals surface area contributed by atoms with E-state index < -0.39 is 6.09 Å². The highest BCUT2D eigenvalue weighted by molar-refractivity contribution is 9.10. The maximum Gasteiger partial charge on any atom is 0.414 e. The molecule has 1 heterocycles. The second-order valence-electron chi connectivity index (χ2n) is 5.42. The number of pyridine rings is 1. The average Bonchev–Trinajstić information content (AvgIpc) is 2.67. The molecule has 0 aliphatic carbocycles. The topological polar surface area (TPSA) is 42.4 Å². The Hall–Kier alpha value is -2.66. The van der Waals surface area contributed by atoms with Gasteiger partial charge in [0.15, 0.2) is 0 Å². The Morgan fingerprint density at radius 1 is 0.960 bits per heavy atom. The van der Waals surface area contributed by atoms with Crippen LogP contribution in [0.5, 0.6) is 0 Å². The number of nitrogens with zero attached hydrogens (tertiary/aromatic N) is 2. The van der Waals surface area contributed by atoms with Crippen LogP contribution in [0.3, 0.4) is 0 Å². The minimum absolute atomic E-state index is 0.231. The summed E-state index contributed by atoms with van der Waals surface area (Å²) in [6.45, 7) is 0.574. The number of carbonyl (C=O) groups is 1. The minimum atomic E-state index is -0.406. The van der Waals surface area contributed by atoms with E-state index in [2.05, 4.69) is 20.9 Å². The number of carbonyl (C=O) groups excluding carboxylic acids is 1. The number of anilines is 1. The van der Waals surface area contributed by atoms with Crippen molar-refractivity contribution in [2.24, 2.45) is 0 Å². The number of hydrogen-bond acceptors (Lipinski definition) is 3. The lowest BCUT2D eigenvalue weighted by Gasteiger charge is -2.22. The quantitative estimate of drug-likeness (QED) is 0.595. The number of hydrogen-bond donors (Lipinski definition) is 0. The number of benzene rings is 2. The summed E-state index contributed by atoms with van der Waals surface area (Å²) >= 11 is 3.41. The molecule has 3 aromatic rings. The van der Waals surface area contributed by atoms with E-state index in [9.17, 15) is 4.79 Å². The minimum Gasteiger partial charge on any atom is -0.444 e. The molecular formula is C20H17BrN2O2. The van der Waals surface area contributed by atoms with Crippen molar-refractivity contribution < 1.29 is 9.53 Å². The molecule has 0 atom stereocenters. The first-order valence-corrected chi connectivity index (χ1v) is 8.65. The molecule has 0 bridgehead atoms. The number of ether oxygens (including phenoxy) is 1. The second kappa shape index (κ2) is 8.44. The fraction of sp³-hybridized carbons (Fsp3) is 0.100. The van der Waals surface area contributed by atoms with Gasteiger partial charge in [-0.15, -0.1) is 0 Å². The fourth-order valence-electron chi connectivity index (χ4n) is 2.33. The summed E-state index contributed by atoms with van der Waals surface area (Å²) in [7, 11) is 0. The molecule has 4 nitrogen and oxygen atoms in total. The molecule has 0 radical (unpaired) electrons. The first-order chi connectivity index (χ1) is 12.2. The third-order valence-corrected chi connectivity index (χ3v) is 4.14. The zero-order valence-corrected chi connectivity index (χ0v) is 15.1. The zero-order valence-electron chi connectivity index (χ0n) is 13.5. The normalized spacial score (nSPS) is 10.3. The SMILES string of the molecule is O=C(OCc1ccccc1)N(Cc1ccccn1)c1ccc(Br)cc1. The van der Waals surface area contributed by atoms with Gasteiger partial charge in [0.25, 0.3) is 0 Å². The Kier molecular flexibility index (Phi) is 5.80. The van der Waals surface area contributed by atoms with Gasteiger partial charge in [-0.1, -0.05) is 52.3 Å². The van der Waals surface area contributed by atoms with Gasteiger partial charge in [0, 0.05) is 16.4 Å². The summed E-state index contributed by atoms with van der Waals surface area (Å²) in [6, 6.07) is 22.8. The highest BCUT2D eigenvalue weighted by Gasteiger charge is 2.18. The van der Waals surface area contributed by atoms with Gasteiger partial charge >= 0.3 is 6.09 Å². The molecule has 126 valence electrons. The van der Waals surface area contributed by atoms with Crippen molar-refractivity contribution in [1.82, 2.24) is 4.98 Å². The molecule has 0 fully saturated rings. The van der Waals surface area contributed by atoms with Gasteiger partial charge < -0.3 is 4.74 Å². The summed E-state index contributed by atoms with van der Waals surface area (Å²) in [5.41, 5.74) is 2.50. The van der Waals surface area contributed by atoms with Crippen molar-refractivity contribution in [3.05, 3.63) is 94.7 Å². The van der Waals surface area contributed by atoms with Gasteiger partial charge in [-0.05, 0) is 42.0 Å². The Labute approximate surface area is 155 Å². The number of rotatable bonds is 5. The van der Waals surface area contributed by atoms with E-state index in [1.54, 1.807) is 11.1 Å². The third kappa shape index (κ3) is 4.90. The molecule has 0 aliphatic heterocycles. The average molecular weight is 397 g/mol. The van der Waals surface area contributed by atoms with Crippen LogP contribution in [0.1, 0.15) is 11.3 Å². The molecular weight excluding hydrogens is 380 g/mol. The van der Waals surface area contributed by atoms with Gasteiger partial charge in [-0.3, -0.25) is 9.88 Å². The van der Waals surface area contributed by atoms with Crippen LogP contribution in [-0.2, 0) is 17.9 Å². The molecule has 0 unspecified atom stereocenters. The van der Waals surface area contributed by atoms with E-state index in [1.165, 1.54) is 0 Å². The van der Waals surface area contributed by atoms with Crippen molar-refractivity contribution in [3.8, 4) is 0 Å². The summed E-state index contributed by atoms with van der Waals surface area (Å²) in [5, 5.41) is 0. The van der Waals surface area contributed by atoms with Crippen molar-refractivity contribution in [1.29, 1.82) is 0 Å². The van der Waals surface area contributed by atoms with E-state index in [0.717, 1.165) is 21.4 Å². The largest absolute Gasteiger partial charge is 0.444 e.